The van der Waals surface area contributed by atoms with Crippen LogP contribution in [0.3, 0.4) is 0 Å². The Morgan fingerprint density at radius 2 is 1.96 bits per heavy atom. The smallest absolute Gasteiger partial charge is 0.228 e. The highest BCUT2D eigenvalue weighted by Gasteiger charge is 2.29. The van der Waals surface area contributed by atoms with Crippen LogP contribution in [0.4, 0.5) is 11.5 Å². The van der Waals surface area contributed by atoms with Gasteiger partial charge in [0.05, 0.1) is 0 Å². The maximum Gasteiger partial charge on any atom is 0.228 e. The Labute approximate surface area is 145 Å². The average Bonchev–Trinajstić information content (AvgIpc) is 3.47. The lowest BCUT2D eigenvalue weighted by Gasteiger charge is -2.09. The third-order valence-corrected chi connectivity index (χ3v) is 4.56. The number of benzene rings is 2. The molecule has 1 saturated carbocycles. The summed E-state index contributed by atoms with van der Waals surface area (Å²) in [6.07, 6.45) is 3.70. The Balaban J connectivity index is 1.68. The van der Waals surface area contributed by atoms with Crippen molar-refractivity contribution in [1.29, 1.82) is 0 Å². The SMILES string of the molecule is Cc1ccc(N=O)cc1-c1ccc2cc(NC(=O)C3CC3)ncc2c1. The largest absolute Gasteiger partial charge is 0.310 e. The first kappa shape index (κ1) is 15.4. The van der Waals surface area contributed by atoms with Crippen LogP contribution >= 0.6 is 0 Å². The molecule has 124 valence electrons. The van der Waals surface area contributed by atoms with Gasteiger partial charge in [0.2, 0.25) is 5.91 Å². The first-order valence-corrected chi connectivity index (χ1v) is 8.29. The molecule has 0 aliphatic heterocycles. The molecule has 4 rings (SSSR count). The van der Waals surface area contributed by atoms with E-state index in [0.717, 1.165) is 40.3 Å². The minimum Gasteiger partial charge on any atom is -0.310 e. The standard InChI is InChI=1S/C20H17N3O2/c1-12-2-7-17(23-25)10-18(12)15-6-5-14-9-19(21-11-16(14)8-15)22-20(24)13-3-4-13/h2,5-11,13H,3-4H2,1H3,(H,21,22,24). The van der Waals surface area contributed by atoms with Crippen LogP contribution in [0.15, 0.2) is 53.8 Å². The maximum absolute atomic E-state index is 11.9. The number of hydrogen-bond acceptors (Lipinski definition) is 4. The third-order valence-electron chi connectivity index (χ3n) is 4.56. The molecular weight excluding hydrogens is 314 g/mol. The number of nitrogens with zero attached hydrogens (tertiary/aromatic N) is 2. The predicted molar refractivity (Wildman–Crippen MR) is 98.7 cm³/mol. The molecule has 1 aliphatic carbocycles. The van der Waals surface area contributed by atoms with E-state index in [1.165, 1.54) is 0 Å². The zero-order valence-electron chi connectivity index (χ0n) is 13.8. The summed E-state index contributed by atoms with van der Waals surface area (Å²) in [5, 5.41) is 7.87. The van der Waals surface area contributed by atoms with Crippen molar-refractivity contribution in [3.05, 3.63) is 59.1 Å². The average molecular weight is 331 g/mol. The number of anilines is 1. The van der Waals surface area contributed by atoms with Crippen molar-refractivity contribution >= 4 is 28.2 Å². The van der Waals surface area contributed by atoms with Crippen LogP contribution in [0.25, 0.3) is 21.9 Å². The van der Waals surface area contributed by atoms with Crippen LogP contribution in [0, 0.1) is 17.7 Å². The summed E-state index contributed by atoms with van der Waals surface area (Å²) in [5.74, 6) is 0.791. The minimum absolute atomic E-state index is 0.0530. The van der Waals surface area contributed by atoms with Crippen LogP contribution in [-0.2, 0) is 4.79 Å². The van der Waals surface area contributed by atoms with Crippen LogP contribution < -0.4 is 5.32 Å². The van der Waals surface area contributed by atoms with Gasteiger partial charge in [0.15, 0.2) is 0 Å². The summed E-state index contributed by atoms with van der Waals surface area (Å²) < 4.78 is 0. The summed E-state index contributed by atoms with van der Waals surface area (Å²) in [6.45, 7) is 2.00. The van der Waals surface area contributed by atoms with E-state index in [4.69, 9.17) is 0 Å². The first-order chi connectivity index (χ1) is 12.1. The second-order valence-corrected chi connectivity index (χ2v) is 6.49. The number of amides is 1. The number of aryl methyl sites for hydroxylation is 1. The molecule has 25 heavy (non-hydrogen) atoms. The number of hydrogen-bond donors (Lipinski definition) is 1. The predicted octanol–water partition coefficient (Wildman–Crippen LogP) is 4.96. The Hall–Kier alpha value is -3.08. The van der Waals surface area contributed by atoms with Gasteiger partial charge >= 0.3 is 0 Å². The summed E-state index contributed by atoms with van der Waals surface area (Å²) in [7, 11) is 0. The normalized spacial score (nSPS) is 13.6. The summed E-state index contributed by atoms with van der Waals surface area (Å²) in [4.78, 5) is 27.0. The van der Waals surface area contributed by atoms with Gasteiger partial charge in [0.1, 0.15) is 11.5 Å². The van der Waals surface area contributed by atoms with E-state index >= 15 is 0 Å². The zero-order valence-corrected chi connectivity index (χ0v) is 13.8. The van der Waals surface area contributed by atoms with Gasteiger partial charge in [-0.05, 0) is 71.3 Å². The molecule has 0 atom stereocenters. The van der Waals surface area contributed by atoms with Crippen molar-refractivity contribution in [2.45, 2.75) is 19.8 Å². The second-order valence-electron chi connectivity index (χ2n) is 6.49. The van der Waals surface area contributed by atoms with Gasteiger partial charge in [-0.25, -0.2) is 4.98 Å². The molecule has 0 radical (unpaired) electrons. The van der Waals surface area contributed by atoms with Crippen LogP contribution in [0.5, 0.6) is 0 Å². The van der Waals surface area contributed by atoms with Crippen molar-refractivity contribution < 1.29 is 4.79 Å². The monoisotopic (exact) mass is 331 g/mol. The number of aromatic nitrogens is 1. The molecule has 0 saturated heterocycles. The van der Waals surface area contributed by atoms with Crippen LogP contribution in [0.2, 0.25) is 0 Å². The van der Waals surface area contributed by atoms with E-state index in [0.29, 0.717) is 11.5 Å². The van der Waals surface area contributed by atoms with Gasteiger partial charge < -0.3 is 5.32 Å². The van der Waals surface area contributed by atoms with Crippen molar-refractivity contribution in [1.82, 2.24) is 4.98 Å². The molecule has 3 aromatic rings. The number of fused-ring (bicyclic) bond motifs is 1. The van der Waals surface area contributed by atoms with Crippen molar-refractivity contribution in [2.75, 3.05) is 5.32 Å². The van der Waals surface area contributed by atoms with Crippen molar-refractivity contribution in [3.8, 4) is 11.1 Å². The lowest BCUT2D eigenvalue weighted by Crippen LogP contribution is -2.14. The molecule has 1 N–H and O–H groups in total. The summed E-state index contributed by atoms with van der Waals surface area (Å²) >= 11 is 0. The molecule has 1 fully saturated rings. The maximum atomic E-state index is 11.9. The number of pyridine rings is 1. The molecule has 1 heterocycles. The topological polar surface area (TPSA) is 71.4 Å². The van der Waals surface area contributed by atoms with Gasteiger partial charge in [-0.1, -0.05) is 18.2 Å². The Morgan fingerprint density at radius 1 is 1.12 bits per heavy atom. The highest BCUT2D eigenvalue weighted by molar-refractivity contribution is 5.96. The molecule has 2 aromatic carbocycles. The fourth-order valence-corrected chi connectivity index (χ4v) is 2.93. The van der Waals surface area contributed by atoms with E-state index in [1.807, 2.05) is 37.3 Å². The van der Waals surface area contributed by atoms with Gasteiger partial charge in [0.25, 0.3) is 0 Å². The molecule has 1 aliphatic rings. The quantitative estimate of drug-likeness (QED) is 0.687. The summed E-state index contributed by atoms with van der Waals surface area (Å²) in [6, 6.07) is 13.3. The van der Waals surface area contributed by atoms with Crippen molar-refractivity contribution in [3.63, 3.8) is 0 Å². The lowest BCUT2D eigenvalue weighted by atomic mass is 9.98. The Kier molecular flexibility index (Phi) is 3.76. The first-order valence-electron chi connectivity index (χ1n) is 8.29. The van der Waals surface area contributed by atoms with Gasteiger partial charge in [-0.15, -0.1) is 4.91 Å². The van der Waals surface area contributed by atoms with E-state index in [2.05, 4.69) is 15.5 Å². The van der Waals surface area contributed by atoms with E-state index < -0.39 is 0 Å². The highest BCUT2D eigenvalue weighted by atomic mass is 16.3. The Bertz CT molecular complexity index is 993. The number of nitroso groups, excluding NO2 is 1. The van der Waals surface area contributed by atoms with E-state index in [1.54, 1.807) is 18.3 Å². The Morgan fingerprint density at radius 3 is 2.72 bits per heavy atom. The summed E-state index contributed by atoms with van der Waals surface area (Å²) in [5.41, 5.74) is 3.47. The molecule has 0 bridgehead atoms. The molecule has 1 amide bonds. The molecule has 5 nitrogen and oxygen atoms in total. The van der Waals surface area contributed by atoms with Gasteiger partial charge in [-0.2, -0.15) is 0 Å². The van der Waals surface area contributed by atoms with Crippen LogP contribution in [-0.4, -0.2) is 10.9 Å². The zero-order chi connectivity index (χ0) is 17.4. The molecule has 5 heteroatoms. The molecular formula is C20H17N3O2. The van der Waals surface area contributed by atoms with Gasteiger partial charge in [-0.3, -0.25) is 4.79 Å². The number of rotatable bonds is 4. The van der Waals surface area contributed by atoms with Crippen LogP contribution in [0.1, 0.15) is 18.4 Å². The van der Waals surface area contributed by atoms with E-state index in [9.17, 15) is 9.70 Å². The second kappa shape index (κ2) is 6.09. The molecule has 0 unspecified atom stereocenters. The minimum atomic E-state index is 0.0530. The molecule has 0 spiro atoms. The number of nitrogens with one attached hydrogen (secondary N) is 1. The number of carbonyl (C=O) groups is 1. The number of carbonyl (C=O) groups excluding carboxylic acids is 1. The lowest BCUT2D eigenvalue weighted by molar-refractivity contribution is -0.117. The fraction of sp³-hybridized carbons (Fsp3) is 0.200. The van der Waals surface area contributed by atoms with Gasteiger partial charge in [0, 0.05) is 17.5 Å². The third kappa shape index (κ3) is 3.13. The highest BCUT2D eigenvalue weighted by Crippen LogP contribution is 2.32. The molecule has 1 aromatic heterocycles. The fourth-order valence-electron chi connectivity index (χ4n) is 2.93. The van der Waals surface area contributed by atoms with E-state index in [-0.39, 0.29) is 11.8 Å². The van der Waals surface area contributed by atoms with Crippen molar-refractivity contribution in [2.24, 2.45) is 11.1 Å².